The van der Waals surface area contributed by atoms with Crippen molar-refractivity contribution >= 4 is 23.3 Å². The molecule has 1 unspecified atom stereocenters. The molecule has 1 aromatic rings. The second-order valence-electron chi connectivity index (χ2n) is 5.27. The highest BCUT2D eigenvalue weighted by atomic mass is 35.5. The maximum atomic E-state index is 11.8. The standard InChI is InChI=1S/C14H20ClNO3/c1-14(2,3)19-13(18)10-4-6-11(7-5-10)16-9-12(17)8-15/h4-7,12,16-17H,8-9H2,1-3H3. The van der Waals surface area contributed by atoms with E-state index in [0.29, 0.717) is 12.1 Å². The molecule has 0 saturated carbocycles. The monoisotopic (exact) mass is 285 g/mol. The first-order chi connectivity index (χ1) is 8.81. The van der Waals surface area contributed by atoms with E-state index < -0.39 is 11.7 Å². The Labute approximate surface area is 118 Å². The molecule has 0 saturated heterocycles. The Morgan fingerprint density at radius 3 is 2.42 bits per heavy atom. The molecule has 0 radical (unpaired) electrons. The molecule has 0 fully saturated rings. The van der Waals surface area contributed by atoms with Gasteiger partial charge in [0.25, 0.3) is 0 Å². The Kier molecular flexibility index (Phi) is 5.63. The molecule has 1 atom stereocenters. The SMILES string of the molecule is CC(C)(C)OC(=O)c1ccc(NCC(O)CCl)cc1. The Morgan fingerprint density at radius 2 is 1.95 bits per heavy atom. The van der Waals surface area contributed by atoms with E-state index in [2.05, 4.69) is 5.32 Å². The fourth-order valence-corrected chi connectivity index (χ4v) is 1.46. The largest absolute Gasteiger partial charge is 0.456 e. The maximum Gasteiger partial charge on any atom is 0.338 e. The number of hydrogen-bond donors (Lipinski definition) is 2. The number of halogens is 1. The van der Waals surface area contributed by atoms with Gasteiger partial charge in [-0.2, -0.15) is 0 Å². The van der Waals surface area contributed by atoms with Crippen molar-refractivity contribution in [3.63, 3.8) is 0 Å². The third kappa shape index (κ3) is 5.94. The van der Waals surface area contributed by atoms with Gasteiger partial charge >= 0.3 is 5.97 Å². The van der Waals surface area contributed by atoms with E-state index in [1.54, 1.807) is 24.3 Å². The van der Waals surface area contributed by atoms with Crippen LogP contribution in [0.4, 0.5) is 5.69 Å². The van der Waals surface area contributed by atoms with Crippen LogP contribution in [0.1, 0.15) is 31.1 Å². The van der Waals surface area contributed by atoms with Crippen molar-refractivity contribution in [2.75, 3.05) is 17.7 Å². The number of ether oxygens (including phenoxy) is 1. The molecule has 5 heteroatoms. The fraction of sp³-hybridized carbons (Fsp3) is 0.500. The number of esters is 1. The van der Waals surface area contributed by atoms with E-state index in [0.717, 1.165) is 5.69 Å². The van der Waals surface area contributed by atoms with Gasteiger partial charge < -0.3 is 15.2 Å². The first-order valence-electron chi connectivity index (χ1n) is 6.13. The number of aliphatic hydroxyl groups is 1. The van der Waals surface area contributed by atoms with Crippen molar-refractivity contribution in [3.8, 4) is 0 Å². The van der Waals surface area contributed by atoms with Crippen LogP contribution < -0.4 is 5.32 Å². The summed E-state index contributed by atoms with van der Waals surface area (Å²) in [4.78, 5) is 11.8. The van der Waals surface area contributed by atoms with Crippen LogP contribution in [0, 0.1) is 0 Å². The molecule has 106 valence electrons. The van der Waals surface area contributed by atoms with E-state index in [-0.39, 0.29) is 11.8 Å². The number of benzene rings is 1. The molecule has 0 amide bonds. The summed E-state index contributed by atoms with van der Waals surface area (Å²) in [6.45, 7) is 5.85. The van der Waals surface area contributed by atoms with E-state index in [1.165, 1.54) is 0 Å². The lowest BCUT2D eigenvalue weighted by Crippen LogP contribution is -2.24. The van der Waals surface area contributed by atoms with Gasteiger partial charge in [-0.25, -0.2) is 4.79 Å². The van der Waals surface area contributed by atoms with Crippen LogP contribution in [-0.2, 0) is 4.74 Å². The van der Waals surface area contributed by atoms with E-state index in [4.69, 9.17) is 16.3 Å². The number of rotatable bonds is 5. The zero-order chi connectivity index (χ0) is 14.5. The van der Waals surface area contributed by atoms with Crippen molar-refractivity contribution in [2.45, 2.75) is 32.5 Å². The lowest BCUT2D eigenvalue weighted by Gasteiger charge is -2.19. The average Bonchev–Trinajstić information content (AvgIpc) is 2.34. The second kappa shape index (κ2) is 6.78. The first kappa shape index (κ1) is 15.8. The lowest BCUT2D eigenvalue weighted by molar-refractivity contribution is 0.00695. The second-order valence-corrected chi connectivity index (χ2v) is 5.58. The van der Waals surface area contributed by atoms with Crippen LogP contribution in [0.3, 0.4) is 0 Å². The van der Waals surface area contributed by atoms with E-state index >= 15 is 0 Å². The molecule has 0 spiro atoms. The number of hydrogen-bond acceptors (Lipinski definition) is 4. The number of nitrogens with one attached hydrogen (secondary N) is 1. The van der Waals surface area contributed by atoms with E-state index in [9.17, 15) is 9.90 Å². The molecule has 0 aliphatic carbocycles. The van der Waals surface area contributed by atoms with Crippen LogP contribution in [0.2, 0.25) is 0 Å². The highest BCUT2D eigenvalue weighted by Crippen LogP contribution is 2.14. The van der Waals surface area contributed by atoms with Crippen molar-refractivity contribution < 1.29 is 14.6 Å². The molecule has 0 aliphatic rings. The summed E-state index contributed by atoms with van der Waals surface area (Å²) in [5.41, 5.74) is 0.813. The zero-order valence-electron chi connectivity index (χ0n) is 11.4. The summed E-state index contributed by atoms with van der Waals surface area (Å²) in [6, 6.07) is 6.90. The van der Waals surface area contributed by atoms with Crippen LogP contribution >= 0.6 is 11.6 Å². The topological polar surface area (TPSA) is 58.6 Å². The predicted molar refractivity (Wildman–Crippen MR) is 76.8 cm³/mol. The summed E-state index contributed by atoms with van der Waals surface area (Å²) < 4.78 is 5.26. The van der Waals surface area contributed by atoms with E-state index in [1.807, 2.05) is 20.8 Å². The minimum atomic E-state index is -0.591. The van der Waals surface area contributed by atoms with Crippen molar-refractivity contribution in [1.29, 1.82) is 0 Å². The summed E-state index contributed by atoms with van der Waals surface area (Å²) in [5, 5.41) is 12.3. The van der Waals surface area contributed by atoms with Gasteiger partial charge in [0, 0.05) is 12.2 Å². The van der Waals surface area contributed by atoms with Gasteiger partial charge in [-0.05, 0) is 45.0 Å². The fourth-order valence-electron chi connectivity index (χ4n) is 1.35. The first-order valence-corrected chi connectivity index (χ1v) is 6.66. The summed E-state index contributed by atoms with van der Waals surface area (Å²) in [5.74, 6) is -0.164. The number of anilines is 1. The summed E-state index contributed by atoms with van der Waals surface area (Å²) >= 11 is 5.50. The van der Waals surface area contributed by atoms with Gasteiger partial charge in [-0.15, -0.1) is 11.6 Å². The number of aliphatic hydroxyl groups excluding tert-OH is 1. The Hall–Kier alpha value is -1.26. The highest BCUT2D eigenvalue weighted by molar-refractivity contribution is 6.18. The average molecular weight is 286 g/mol. The molecule has 2 N–H and O–H groups in total. The molecule has 0 aliphatic heterocycles. The molecule has 0 aromatic heterocycles. The van der Waals surface area contributed by atoms with Gasteiger partial charge in [-0.3, -0.25) is 0 Å². The molecule has 19 heavy (non-hydrogen) atoms. The Bertz CT molecular complexity index is 412. The van der Waals surface area contributed by atoms with Gasteiger partial charge in [0.15, 0.2) is 0 Å². The van der Waals surface area contributed by atoms with Gasteiger partial charge in [0.1, 0.15) is 5.60 Å². The molecule has 1 rings (SSSR count). The van der Waals surface area contributed by atoms with Gasteiger partial charge in [-0.1, -0.05) is 0 Å². The normalized spacial score (nSPS) is 12.9. The van der Waals surface area contributed by atoms with Gasteiger partial charge in [0.05, 0.1) is 17.5 Å². The third-order valence-electron chi connectivity index (χ3n) is 2.24. The maximum absolute atomic E-state index is 11.8. The van der Waals surface area contributed by atoms with Crippen LogP contribution in [-0.4, -0.2) is 35.2 Å². The zero-order valence-corrected chi connectivity index (χ0v) is 12.2. The summed E-state index contributed by atoms with van der Waals surface area (Å²) in [6.07, 6.45) is -0.591. The van der Waals surface area contributed by atoms with Crippen LogP contribution in [0.25, 0.3) is 0 Å². The molecular formula is C14H20ClNO3. The number of alkyl halides is 1. The minimum absolute atomic E-state index is 0.184. The van der Waals surface area contributed by atoms with Crippen molar-refractivity contribution in [2.24, 2.45) is 0 Å². The molecule has 4 nitrogen and oxygen atoms in total. The van der Waals surface area contributed by atoms with Crippen molar-refractivity contribution in [3.05, 3.63) is 29.8 Å². The molecule has 0 heterocycles. The van der Waals surface area contributed by atoms with Gasteiger partial charge in [0.2, 0.25) is 0 Å². The Balaban J connectivity index is 2.58. The number of carbonyl (C=O) groups is 1. The third-order valence-corrected chi connectivity index (χ3v) is 2.60. The predicted octanol–water partition coefficient (Wildman–Crippen LogP) is 2.65. The smallest absolute Gasteiger partial charge is 0.338 e. The quantitative estimate of drug-likeness (QED) is 0.645. The molecule has 0 bridgehead atoms. The number of carbonyl (C=O) groups excluding carboxylic acids is 1. The molecule has 1 aromatic carbocycles. The lowest BCUT2D eigenvalue weighted by atomic mass is 10.1. The van der Waals surface area contributed by atoms with Crippen LogP contribution in [0.15, 0.2) is 24.3 Å². The van der Waals surface area contributed by atoms with Crippen LogP contribution in [0.5, 0.6) is 0 Å². The minimum Gasteiger partial charge on any atom is -0.456 e. The Morgan fingerprint density at radius 1 is 1.37 bits per heavy atom. The highest BCUT2D eigenvalue weighted by Gasteiger charge is 2.17. The van der Waals surface area contributed by atoms with Crippen molar-refractivity contribution in [1.82, 2.24) is 0 Å². The molecular weight excluding hydrogens is 266 g/mol. The summed E-state index contributed by atoms with van der Waals surface area (Å²) in [7, 11) is 0.